The van der Waals surface area contributed by atoms with Crippen molar-refractivity contribution in [3.8, 4) is 0 Å². The van der Waals surface area contributed by atoms with E-state index in [1.54, 1.807) is 6.08 Å². The van der Waals surface area contributed by atoms with Crippen LogP contribution in [0.1, 0.15) is 6.42 Å². The molecule has 0 radical (unpaired) electrons. The number of rotatable bonds is 0. The van der Waals surface area contributed by atoms with Crippen LogP contribution in [0.15, 0.2) is 35.9 Å². The first-order chi connectivity index (χ1) is 5.29. The quantitative estimate of drug-likeness (QED) is 0.622. The monoisotopic (exact) mass is 220 g/mol. The zero-order chi connectivity index (χ0) is 8.69. The highest BCUT2D eigenvalue weighted by Crippen LogP contribution is 2.09. The average Bonchev–Trinajstić information content (AvgIpc) is 2.20. The van der Waals surface area contributed by atoms with Gasteiger partial charge in [-0.25, -0.2) is 4.39 Å². The number of aliphatic hydroxyl groups is 1. The molecule has 0 aromatic carbocycles. The summed E-state index contributed by atoms with van der Waals surface area (Å²) in [5, 5.41) is 8.77. The Balaban J connectivity index is 0.000000461. The summed E-state index contributed by atoms with van der Waals surface area (Å²) in [6.07, 6.45) is 5.92. The fourth-order valence-corrected chi connectivity index (χ4v) is 0.592. The third-order valence-electron chi connectivity index (χ3n) is 1.04. The van der Waals surface area contributed by atoms with E-state index < -0.39 is 0 Å². The Morgan fingerprint density at radius 2 is 2.09 bits per heavy atom. The minimum Gasteiger partial charge on any atom is -0.508 e. The lowest BCUT2D eigenvalue weighted by atomic mass is 10.3. The molecule has 0 saturated carbocycles. The van der Waals surface area contributed by atoms with Crippen molar-refractivity contribution in [1.82, 2.24) is 0 Å². The zero-order valence-corrected chi connectivity index (χ0v) is 7.81. The highest BCUT2D eigenvalue weighted by molar-refractivity contribution is 9.08. The van der Waals surface area contributed by atoms with Gasteiger partial charge in [0.25, 0.3) is 0 Å². The van der Waals surface area contributed by atoms with E-state index in [0.29, 0.717) is 0 Å². The summed E-state index contributed by atoms with van der Waals surface area (Å²) in [5.74, 6) is 1.69. The van der Waals surface area contributed by atoms with Crippen molar-refractivity contribution in [2.75, 3.05) is 5.83 Å². The molecule has 62 valence electrons. The molecule has 11 heavy (non-hydrogen) atoms. The Bertz CT molecular complexity index is 194. The van der Waals surface area contributed by atoms with E-state index >= 15 is 0 Å². The average molecular weight is 221 g/mol. The van der Waals surface area contributed by atoms with Gasteiger partial charge in [-0.1, -0.05) is 22.0 Å². The lowest BCUT2D eigenvalue weighted by Crippen LogP contribution is -1.66. The second-order valence-electron chi connectivity index (χ2n) is 1.81. The summed E-state index contributed by atoms with van der Waals surface area (Å²) < 4.78 is 12.3. The summed E-state index contributed by atoms with van der Waals surface area (Å²) in [5.41, 5.74) is 0. The fraction of sp³-hybridized carbons (Fsp3) is 0.250. The van der Waals surface area contributed by atoms with E-state index in [1.807, 2.05) is 5.83 Å². The molecule has 1 N–H and O–H groups in total. The molecule has 1 rings (SSSR count). The van der Waals surface area contributed by atoms with Gasteiger partial charge in [0.1, 0.15) is 11.6 Å². The standard InChI is InChI=1S/C7H7FO.CH3Br/c8-6-2-1-3-7(9)5-4-6;1-2/h1,3-5,9H,2H2;1H3. The largest absolute Gasteiger partial charge is 0.508 e. The van der Waals surface area contributed by atoms with Crippen molar-refractivity contribution in [3.05, 3.63) is 35.9 Å². The van der Waals surface area contributed by atoms with Crippen LogP contribution in [0.2, 0.25) is 0 Å². The highest BCUT2D eigenvalue weighted by Gasteiger charge is 1.93. The van der Waals surface area contributed by atoms with E-state index in [9.17, 15) is 4.39 Å². The van der Waals surface area contributed by atoms with E-state index in [2.05, 4.69) is 15.9 Å². The summed E-state index contributed by atoms with van der Waals surface area (Å²) in [7, 11) is 0. The van der Waals surface area contributed by atoms with Crippen LogP contribution in [0.4, 0.5) is 4.39 Å². The molecule has 3 heteroatoms. The number of allylic oxidation sites excluding steroid dienone is 5. The first-order valence-corrected chi connectivity index (χ1v) is 4.67. The van der Waals surface area contributed by atoms with Crippen molar-refractivity contribution < 1.29 is 9.50 Å². The lowest BCUT2D eigenvalue weighted by molar-refractivity contribution is 0.432. The van der Waals surface area contributed by atoms with Gasteiger partial charge in [0, 0.05) is 6.42 Å². The van der Waals surface area contributed by atoms with E-state index in [1.165, 1.54) is 18.2 Å². The molecule has 1 nitrogen and oxygen atoms in total. The minimum absolute atomic E-state index is 0.0997. The molecule has 0 bridgehead atoms. The molecule has 1 aliphatic carbocycles. The first kappa shape index (κ1) is 10.4. The van der Waals surface area contributed by atoms with Crippen molar-refractivity contribution in [2.24, 2.45) is 0 Å². The third-order valence-corrected chi connectivity index (χ3v) is 1.04. The number of halogens is 2. The molecule has 0 atom stereocenters. The van der Waals surface area contributed by atoms with Gasteiger partial charge in [-0.15, -0.1) is 0 Å². The van der Waals surface area contributed by atoms with Gasteiger partial charge < -0.3 is 5.11 Å². The number of hydrogen-bond donors (Lipinski definition) is 1. The Labute approximate surface area is 74.1 Å². The Hall–Kier alpha value is -0.570. The van der Waals surface area contributed by atoms with Gasteiger partial charge in [0.15, 0.2) is 0 Å². The molecule has 0 unspecified atom stereocenters. The second-order valence-corrected chi connectivity index (χ2v) is 1.81. The van der Waals surface area contributed by atoms with Gasteiger partial charge >= 0.3 is 0 Å². The number of aliphatic hydroxyl groups excluding tert-OH is 1. The molecule has 0 spiro atoms. The molecular formula is C8H10BrFO. The SMILES string of the molecule is CBr.OC1=CC=C(F)CC=C1. The van der Waals surface area contributed by atoms with E-state index in [4.69, 9.17) is 5.11 Å². The lowest BCUT2D eigenvalue weighted by Gasteiger charge is -1.81. The van der Waals surface area contributed by atoms with E-state index in [-0.39, 0.29) is 18.0 Å². The van der Waals surface area contributed by atoms with Crippen molar-refractivity contribution in [2.45, 2.75) is 6.42 Å². The predicted octanol–water partition coefficient (Wildman–Crippen LogP) is 3.25. The normalized spacial score (nSPS) is 15.5. The minimum atomic E-state index is -0.227. The number of hydrogen-bond acceptors (Lipinski definition) is 1. The molecule has 0 aromatic heterocycles. The highest BCUT2D eigenvalue weighted by atomic mass is 79.9. The molecule has 0 saturated heterocycles. The second kappa shape index (κ2) is 6.16. The molecule has 0 heterocycles. The van der Waals surface area contributed by atoms with Crippen LogP contribution in [0.5, 0.6) is 0 Å². The van der Waals surface area contributed by atoms with Crippen LogP contribution in [0, 0.1) is 0 Å². The molecule has 1 aliphatic rings. The van der Waals surface area contributed by atoms with Crippen LogP contribution in [0.3, 0.4) is 0 Å². The summed E-state index contributed by atoms with van der Waals surface area (Å²) in [6, 6.07) is 0. The first-order valence-electron chi connectivity index (χ1n) is 3.09. The fourth-order valence-electron chi connectivity index (χ4n) is 0.592. The number of alkyl halides is 1. The maximum Gasteiger partial charge on any atom is 0.115 e. The van der Waals surface area contributed by atoms with Crippen molar-refractivity contribution in [1.29, 1.82) is 0 Å². The van der Waals surface area contributed by atoms with Gasteiger partial charge in [-0.3, -0.25) is 0 Å². The Morgan fingerprint density at radius 3 is 2.73 bits per heavy atom. The Morgan fingerprint density at radius 1 is 1.45 bits per heavy atom. The summed E-state index contributed by atoms with van der Waals surface area (Å²) >= 11 is 2.94. The van der Waals surface area contributed by atoms with Gasteiger partial charge in [0.05, 0.1) is 0 Å². The van der Waals surface area contributed by atoms with Crippen molar-refractivity contribution in [3.63, 3.8) is 0 Å². The van der Waals surface area contributed by atoms with E-state index in [0.717, 1.165) is 0 Å². The van der Waals surface area contributed by atoms with Crippen LogP contribution in [-0.2, 0) is 0 Å². The molecule has 0 fully saturated rings. The summed E-state index contributed by atoms with van der Waals surface area (Å²) in [6.45, 7) is 0. The van der Waals surface area contributed by atoms with Crippen LogP contribution in [0.25, 0.3) is 0 Å². The van der Waals surface area contributed by atoms with Gasteiger partial charge in [-0.2, -0.15) is 0 Å². The molecule has 0 aromatic rings. The topological polar surface area (TPSA) is 20.2 Å². The molecular weight excluding hydrogens is 211 g/mol. The summed E-state index contributed by atoms with van der Waals surface area (Å²) in [4.78, 5) is 0. The smallest absolute Gasteiger partial charge is 0.115 e. The maximum absolute atomic E-state index is 12.3. The molecule has 0 aliphatic heterocycles. The van der Waals surface area contributed by atoms with Gasteiger partial charge in [-0.05, 0) is 24.1 Å². The van der Waals surface area contributed by atoms with Crippen LogP contribution < -0.4 is 0 Å². The predicted molar refractivity (Wildman–Crippen MR) is 48.5 cm³/mol. The Kier molecular flexibility index (Phi) is 5.84. The zero-order valence-electron chi connectivity index (χ0n) is 6.22. The van der Waals surface area contributed by atoms with Crippen LogP contribution >= 0.6 is 15.9 Å². The third kappa shape index (κ3) is 4.79. The maximum atomic E-state index is 12.3. The molecule has 0 amide bonds. The van der Waals surface area contributed by atoms with Gasteiger partial charge in [0.2, 0.25) is 0 Å². The van der Waals surface area contributed by atoms with Crippen LogP contribution in [-0.4, -0.2) is 10.9 Å². The van der Waals surface area contributed by atoms with Crippen molar-refractivity contribution >= 4 is 15.9 Å².